The molecule has 1 unspecified atom stereocenters. The molecule has 0 radical (unpaired) electrons. The normalized spacial score (nSPS) is 18.3. The van der Waals surface area contributed by atoms with Gasteiger partial charge in [0.05, 0.1) is 0 Å². The smallest absolute Gasteiger partial charge is 0.129 e. The molecule has 0 spiro atoms. The summed E-state index contributed by atoms with van der Waals surface area (Å²) in [5.74, 6) is 1.03. The van der Waals surface area contributed by atoms with E-state index in [0.29, 0.717) is 6.04 Å². The van der Waals surface area contributed by atoms with Gasteiger partial charge < -0.3 is 10.6 Å². The van der Waals surface area contributed by atoms with Crippen LogP contribution in [0.25, 0.3) is 0 Å². The third-order valence-corrected chi connectivity index (χ3v) is 3.91. The fourth-order valence-corrected chi connectivity index (χ4v) is 2.41. The van der Waals surface area contributed by atoms with Crippen molar-refractivity contribution < 1.29 is 0 Å². The molecule has 2 rings (SSSR count). The maximum Gasteiger partial charge on any atom is 0.129 e. The summed E-state index contributed by atoms with van der Waals surface area (Å²) >= 11 is 0. The molecule has 5 heteroatoms. The minimum atomic E-state index is 0.0990. The summed E-state index contributed by atoms with van der Waals surface area (Å²) in [6, 6.07) is 4.33. The van der Waals surface area contributed by atoms with Gasteiger partial charge in [0.2, 0.25) is 0 Å². The lowest BCUT2D eigenvalue weighted by Crippen LogP contribution is -2.49. The average molecular weight is 261 g/mol. The van der Waals surface area contributed by atoms with Crippen molar-refractivity contribution >= 4 is 11.7 Å². The average Bonchev–Trinajstić information content (AvgIpc) is 2.46. The molecule has 2 heterocycles. The van der Waals surface area contributed by atoms with E-state index in [1.54, 1.807) is 12.3 Å². The molecule has 0 bridgehead atoms. The zero-order chi connectivity index (χ0) is 13.8. The molecule has 0 aromatic carbocycles. The second-order valence-electron chi connectivity index (χ2n) is 5.10. The fraction of sp³-hybridized carbons (Fsp3) is 0.571. The first-order valence-electron chi connectivity index (χ1n) is 6.91. The topological polar surface area (TPSA) is 69.2 Å². The summed E-state index contributed by atoms with van der Waals surface area (Å²) < 4.78 is 0. The second-order valence-corrected chi connectivity index (χ2v) is 5.10. The van der Waals surface area contributed by atoms with Crippen LogP contribution in [0.3, 0.4) is 0 Å². The quantitative estimate of drug-likeness (QED) is 0.633. The minimum absolute atomic E-state index is 0.0990. The number of pyridine rings is 1. The lowest BCUT2D eigenvalue weighted by atomic mass is 10.2. The Morgan fingerprint density at radius 1 is 1.42 bits per heavy atom. The first-order valence-corrected chi connectivity index (χ1v) is 6.91. The molecule has 0 saturated carbocycles. The Morgan fingerprint density at radius 2 is 2.11 bits per heavy atom. The molecule has 1 aliphatic heterocycles. The summed E-state index contributed by atoms with van der Waals surface area (Å²) in [6.07, 6.45) is 2.92. The molecule has 1 aromatic rings. The Kier molecular flexibility index (Phi) is 4.37. The number of piperazine rings is 1. The van der Waals surface area contributed by atoms with Crippen LogP contribution in [0.15, 0.2) is 18.3 Å². The second kappa shape index (κ2) is 6.02. The molecule has 1 aromatic heterocycles. The third-order valence-electron chi connectivity index (χ3n) is 3.91. The zero-order valence-corrected chi connectivity index (χ0v) is 11.8. The Labute approximate surface area is 114 Å². The summed E-state index contributed by atoms with van der Waals surface area (Å²) in [5, 5.41) is 7.48. The van der Waals surface area contributed by atoms with Crippen LogP contribution in [0.2, 0.25) is 0 Å². The summed E-state index contributed by atoms with van der Waals surface area (Å²) in [6.45, 7) is 8.62. The van der Waals surface area contributed by atoms with Crippen molar-refractivity contribution in [2.45, 2.75) is 26.3 Å². The van der Waals surface area contributed by atoms with E-state index in [1.807, 2.05) is 6.07 Å². The van der Waals surface area contributed by atoms with Gasteiger partial charge in [-0.1, -0.05) is 6.92 Å². The number of rotatable bonds is 4. The lowest BCUT2D eigenvalue weighted by molar-refractivity contribution is 0.192. The van der Waals surface area contributed by atoms with Gasteiger partial charge in [0, 0.05) is 44.0 Å². The van der Waals surface area contributed by atoms with Gasteiger partial charge >= 0.3 is 0 Å². The van der Waals surface area contributed by atoms with Crippen molar-refractivity contribution in [3.63, 3.8) is 0 Å². The van der Waals surface area contributed by atoms with Crippen molar-refractivity contribution in [2.75, 3.05) is 31.1 Å². The molecule has 19 heavy (non-hydrogen) atoms. The van der Waals surface area contributed by atoms with E-state index in [2.05, 4.69) is 28.6 Å². The predicted molar refractivity (Wildman–Crippen MR) is 78.8 cm³/mol. The van der Waals surface area contributed by atoms with Crippen LogP contribution in [0.1, 0.15) is 25.8 Å². The highest BCUT2D eigenvalue weighted by Crippen LogP contribution is 2.16. The maximum atomic E-state index is 7.48. The van der Waals surface area contributed by atoms with E-state index in [9.17, 15) is 0 Å². The van der Waals surface area contributed by atoms with Gasteiger partial charge in [0.1, 0.15) is 11.7 Å². The molecule has 104 valence electrons. The molecule has 5 nitrogen and oxygen atoms in total. The number of nitrogens with two attached hydrogens (primary N) is 1. The van der Waals surface area contributed by atoms with Gasteiger partial charge in [0.15, 0.2) is 0 Å². The number of hydrogen-bond donors (Lipinski definition) is 2. The van der Waals surface area contributed by atoms with Crippen LogP contribution in [0, 0.1) is 5.41 Å². The number of nitrogen functional groups attached to an aromatic ring is 1. The van der Waals surface area contributed by atoms with Crippen LogP contribution in [-0.2, 0) is 0 Å². The van der Waals surface area contributed by atoms with E-state index in [0.717, 1.165) is 37.6 Å². The van der Waals surface area contributed by atoms with Crippen LogP contribution >= 0.6 is 0 Å². The molecular weight excluding hydrogens is 238 g/mol. The van der Waals surface area contributed by atoms with Gasteiger partial charge in [-0.25, -0.2) is 4.98 Å². The Bertz CT molecular complexity index is 437. The fourth-order valence-electron chi connectivity index (χ4n) is 2.41. The number of amidine groups is 1. The van der Waals surface area contributed by atoms with Gasteiger partial charge in [-0.3, -0.25) is 10.3 Å². The van der Waals surface area contributed by atoms with E-state index < -0.39 is 0 Å². The number of aromatic nitrogens is 1. The van der Waals surface area contributed by atoms with Gasteiger partial charge in [-0.2, -0.15) is 0 Å². The van der Waals surface area contributed by atoms with E-state index in [1.165, 1.54) is 6.42 Å². The summed E-state index contributed by atoms with van der Waals surface area (Å²) in [4.78, 5) is 9.18. The Balaban J connectivity index is 2.01. The molecular formula is C14H23N5. The van der Waals surface area contributed by atoms with Gasteiger partial charge in [-0.15, -0.1) is 0 Å². The van der Waals surface area contributed by atoms with Crippen molar-refractivity contribution in [1.29, 1.82) is 5.41 Å². The predicted octanol–water partition coefficient (Wildman–Crippen LogP) is 1.29. The molecule has 1 saturated heterocycles. The molecule has 1 atom stereocenters. The van der Waals surface area contributed by atoms with Crippen molar-refractivity contribution in [1.82, 2.24) is 9.88 Å². The largest absolute Gasteiger partial charge is 0.384 e. The van der Waals surface area contributed by atoms with Crippen molar-refractivity contribution in [3.8, 4) is 0 Å². The number of hydrogen-bond acceptors (Lipinski definition) is 4. The van der Waals surface area contributed by atoms with E-state index in [-0.39, 0.29) is 5.84 Å². The maximum absolute atomic E-state index is 7.48. The molecule has 3 N–H and O–H groups in total. The van der Waals surface area contributed by atoms with Crippen LogP contribution in [-0.4, -0.2) is 47.9 Å². The number of anilines is 1. The van der Waals surface area contributed by atoms with Crippen molar-refractivity contribution in [3.05, 3.63) is 23.9 Å². The lowest BCUT2D eigenvalue weighted by Gasteiger charge is -2.38. The van der Waals surface area contributed by atoms with Crippen LogP contribution in [0.5, 0.6) is 0 Å². The van der Waals surface area contributed by atoms with Gasteiger partial charge in [0.25, 0.3) is 0 Å². The molecule has 1 fully saturated rings. The highest BCUT2D eigenvalue weighted by molar-refractivity contribution is 5.95. The van der Waals surface area contributed by atoms with E-state index in [4.69, 9.17) is 11.1 Å². The standard InChI is InChI=1S/C14H23N5/c1-3-11(2)18-6-8-19(9-7-18)13-10-12(14(15)16)4-5-17-13/h4-5,10-11H,3,6-9H2,1-2H3,(H3,15,16). The minimum Gasteiger partial charge on any atom is -0.384 e. The highest BCUT2D eigenvalue weighted by atomic mass is 15.3. The van der Waals surface area contributed by atoms with Crippen molar-refractivity contribution in [2.24, 2.45) is 5.73 Å². The van der Waals surface area contributed by atoms with Crippen LogP contribution < -0.4 is 10.6 Å². The summed E-state index contributed by atoms with van der Waals surface area (Å²) in [7, 11) is 0. The monoisotopic (exact) mass is 261 g/mol. The zero-order valence-electron chi connectivity index (χ0n) is 11.8. The van der Waals surface area contributed by atoms with E-state index >= 15 is 0 Å². The molecule has 0 aliphatic carbocycles. The summed E-state index contributed by atoms with van der Waals surface area (Å²) in [5.41, 5.74) is 6.27. The van der Waals surface area contributed by atoms with Gasteiger partial charge in [-0.05, 0) is 25.5 Å². The SMILES string of the molecule is CCC(C)N1CCN(c2cc(C(=N)N)ccn2)CC1. The first-order chi connectivity index (χ1) is 9.11. The molecule has 1 aliphatic rings. The number of nitrogens with one attached hydrogen (secondary N) is 1. The Morgan fingerprint density at radius 3 is 2.68 bits per heavy atom. The third kappa shape index (κ3) is 3.23. The van der Waals surface area contributed by atoms with Crippen LogP contribution in [0.4, 0.5) is 5.82 Å². The number of nitrogens with zero attached hydrogens (tertiary/aromatic N) is 3. The Hall–Kier alpha value is -1.62. The first kappa shape index (κ1) is 13.8. The highest BCUT2D eigenvalue weighted by Gasteiger charge is 2.21. The molecule has 0 amide bonds.